The fraction of sp³-hybridized carbons (Fsp3) is 0.125. The Bertz CT molecular complexity index is 651. The molecule has 2 rings (SSSR count). The Morgan fingerprint density at radius 2 is 1.83 bits per heavy atom. The number of hydrogen-bond acceptors (Lipinski definition) is 2. The van der Waals surface area contributed by atoms with Crippen LogP contribution in [0.15, 0.2) is 36.4 Å². The van der Waals surface area contributed by atoms with E-state index in [0.717, 1.165) is 28.5 Å². The third-order valence-electron chi connectivity index (χ3n) is 2.98. The van der Waals surface area contributed by atoms with Gasteiger partial charge < -0.3 is 0 Å². The molecule has 0 radical (unpaired) electrons. The maximum Gasteiger partial charge on any atom is 0.150 e. The van der Waals surface area contributed by atoms with Crippen LogP contribution >= 0.6 is 0 Å². The first kappa shape index (κ1) is 12.1. The fourth-order valence-electron chi connectivity index (χ4n) is 1.98. The standard InChI is InChI=1S/C16H13NO/c1-11-3-4-12(2)15(7-11)16-8-13(10-18)5-6-14(16)9-17/h3-8,10H,1-2H3. The largest absolute Gasteiger partial charge is 0.298 e. The van der Waals surface area contributed by atoms with E-state index in [-0.39, 0.29) is 0 Å². The predicted octanol–water partition coefficient (Wildman–Crippen LogP) is 3.65. The second-order valence-corrected chi connectivity index (χ2v) is 4.35. The first-order chi connectivity index (χ1) is 8.65. The summed E-state index contributed by atoms with van der Waals surface area (Å²) in [5.41, 5.74) is 5.24. The summed E-state index contributed by atoms with van der Waals surface area (Å²) in [5.74, 6) is 0. The summed E-state index contributed by atoms with van der Waals surface area (Å²) in [4.78, 5) is 10.9. The van der Waals surface area contributed by atoms with Crippen LogP contribution in [0.4, 0.5) is 0 Å². The molecule has 2 heteroatoms. The molecule has 0 aliphatic heterocycles. The molecule has 0 heterocycles. The maximum absolute atomic E-state index is 10.9. The van der Waals surface area contributed by atoms with Crippen molar-refractivity contribution in [3.63, 3.8) is 0 Å². The van der Waals surface area contributed by atoms with Crippen LogP contribution in [0.25, 0.3) is 11.1 Å². The van der Waals surface area contributed by atoms with E-state index in [1.807, 2.05) is 32.0 Å². The van der Waals surface area contributed by atoms with E-state index in [2.05, 4.69) is 6.07 Å². The number of hydrogen-bond donors (Lipinski definition) is 0. The molecular weight excluding hydrogens is 222 g/mol. The molecule has 0 fully saturated rings. The van der Waals surface area contributed by atoms with Gasteiger partial charge >= 0.3 is 0 Å². The van der Waals surface area contributed by atoms with E-state index in [1.54, 1.807) is 18.2 Å². The third-order valence-corrected chi connectivity index (χ3v) is 2.98. The van der Waals surface area contributed by atoms with E-state index in [0.29, 0.717) is 11.1 Å². The number of benzene rings is 2. The minimum Gasteiger partial charge on any atom is -0.298 e. The van der Waals surface area contributed by atoms with Gasteiger partial charge in [-0.3, -0.25) is 4.79 Å². The minimum absolute atomic E-state index is 0.588. The van der Waals surface area contributed by atoms with Crippen LogP contribution in [0, 0.1) is 25.2 Å². The van der Waals surface area contributed by atoms with Gasteiger partial charge in [-0.2, -0.15) is 5.26 Å². The highest BCUT2D eigenvalue weighted by atomic mass is 16.1. The number of carbonyl (C=O) groups is 1. The van der Waals surface area contributed by atoms with Crippen LogP contribution in [0.2, 0.25) is 0 Å². The molecule has 88 valence electrons. The van der Waals surface area contributed by atoms with E-state index < -0.39 is 0 Å². The minimum atomic E-state index is 0.588. The van der Waals surface area contributed by atoms with E-state index in [9.17, 15) is 4.79 Å². The predicted molar refractivity (Wildman–Crippen MR) is 71.5 cm³/mol. The van der Waals surface area contributed by atoms with Gasteiger partial charge in [0, 0.05) is 11.1 Å². The lowest BCUT2D eigenvalue weighted by molar-refractivity contribution is 0.112. The summed E-state index contributed by atoms with van der Waals surface area (Å²) in [6, 6.07) is 13.4. The quantitative estimate of drug-likeness (QED) is 0.745. The smallest absolute Gasteiger partial charge is 0.150 e. The topological polar surface area (TPSA) is 40.9 Å². The zero-order valence-corrected chi connectivity index (χ0v) is 10.4. The Labute approximate surface area is 107 Å². The molecule has 0 saturated carbocycles. The van der Waals surface area contributed by atoms with Gasteiger partial charge in [0.25, 0.3) is 0 Å². The Balaban J connectivity index is 2.72. The van der Waals surface area contributed by atoms with Gasteiger partial charge in [0.1, 0.15) is 6.29 Å². The van der Waals surface area contributed by atoms with Gasteiger partial charge in [0.15, 0.2) is 0 Å². The number of rotatable bonds is 2. The van der Waals surface area contributed by atoms with Crippen LogP contribution in [-0.2, 0) is 0 Å². The number of nitrogens with zero attached hydrogens (tertiary/aromatic N) is 1. The van der Waals surface area contributed by atoms with Gasteiger partial charge in [-0.15, -0.1) is 0 Å². The summed E-state index contributed by atoms with van der Waals surface area (Å²) >= 11 is 0. The normalized spacial score (nSPS) is 9.83. The molecule has 0 spiro atoms. The SMILES string of the molecule is Cc1ccc(C)c(-c2cc(C=O)ccc2C#N)c1. The third kappa shape index (κ3) is 2.16. The zero-order chi connectivity index (χ0) is 13.1. The molecule has 0 unspecified atom stereocenters. The number of carbonyl (C=O) groups excluding carboxylic acids is 1. The highest BCUT2D eigenvalue weighted by molar-refractivity contribution is 5.82. The molecule has 2 aromatic carbocycles. The van der Waals surface area contributed by atoms with Crippen molar-refractivity contribution in [3.8, 4) is 17.2 Å². The van der Waals surface area contributed by atoms with E-state index in [4.69, 9.17) is 5.26 Å². The molecule has 2 nitrogen and oxygen atoms in total. The molecular formula is C16H13NO. The molecule has 0 aromatic heterocycles. The van der Waals surface area contributed by atoms with Crippen LogP contribution in [-0.4, -0.2) is 6.29 Å². The van der Waals surface area contributed by atoms with Gasteiger partial charge in [0.05, 0.1) is 11.6 Å². The van der Waals surface area contributed by atoms with Crippen molar-refractivity contribution >= 4 is 6.29 Å². The van der Waals surface area contributed by atoms with Gasteiger partial charge in [-0.05, 0) is 37.1 Å². The summed E-state index contributed by atoms with van der Waals surface area (Å²) in [6.07, 6.45) is 0.801. The lowest BCUT2D eigenvalue weighted by Crippen LogP contribution is -1.91. The van der Waals surface area contributed by atoms with Gasteiger partial charge in [-0.1, -0.05) is 29.8 Å². The van der Waals surface area contributed by atoms with E-state index >= 15 is 0 Å². The van der Waals surface area contributed by atoms with Crippen molar-refractivity contribution in [2.24, 2.45) is 0 Å². The van der Waals surface area contributed by atoms with Gasteiger partial charge in [-0.25, -0.2) is 0 Å². The van der Waals surface area contributed by atoms with Crippen molar-refractivity contribution in [2.45, 2.75) is 13.8 Å². The highest BCUT2D eigenvalue weighted by Gasteiger charge is 2.08. The lowest BCUT2D eigenvalue weighted by atomic mass is 9.93. The second-order valence-electron chi connectivity index (χ2n) is 4.35. The van der Waals surface area contributed by atoms with E-state index in [1.165, 1.54) is 0 Å². The highest BCUT2D eigenvalue weighted by Crippen LogP contribution is 2.28. The first-order valence-electron chi connectivity index (χ1n) is 5.72. The maximum atomic E-state index is 10.9. The molecule has 0 aliphatic carbocycles. The van der Waals surface area contributed by atoms with Crippen molar-refractivity contribution in [1.82, 2.24) is 0 Å². The molecule has 18 heavy (non-hydrogen) atoms. The van der Waals surface area contributed by atoms with Crippen LogP contribution in [0.1, 0.15) is 27.0 Å². The Morgan fingerprint density at radius 3 is 2.50 bits per heavy atom. The summed E-state index contributed by atoms with van der Waals surface area (Å²) in [5, 5.41) is 9.17. The Kier molecular flexibility index (Phi) is 3.25. The zero-order valence-electron chi connectivity index (χ0n) is 10.4. The van der Waals surface area contributed by atoms with Crippen LogP contribution in [0.3, 0.4) is 0 Å². The van der Waals surface area contributed by atoms with Crippen molar-refractivity contribution in [2.75, 3.05) is 0 Å². The monoisotopic (exact) mass is 235 g/mol. The van der Waals surface area contributed by atoms with Crippen LogP contribution in [0.5, 0.6) is 0 Å². The first-order valence-corrected chi connectivity index (χ1v) is 5.72. The number of nitriles is 1. The molecule has 0 bridgehead atoms. The summed E-state index contributed by atoms with van der Waals surface area (Å²) in [7, 11) is 0. The fourth-order valence-corrected chi connectivity index (χ4v) is 1.98. The average Bonchev–Trinajstić information content (AvgIpc) is 2.40. The number of aldehydes is 1. The molecule has 0 amide bonds. The molecule has 0 aliphatic rings. The average molecular weight is 235 g/mol. The Morgan fingerprint density at radius 1 is 1.06 bits per heavy atom. The summed E-state index contributed by atoms with van der Waals surface area (Å²) in [6.45, 7) is 4.02. The molecule has 0 N–H and O–H groups in total. The molecule has 2 aromatic rings. The lowest BCUT2D eigenvalue weighted by Gasteiger charge is -2.09. The second kappa shape index (κ2) is 4.85. The van der Waals surface area contributed by atoms with Crippen molar-refractivity contribution < 1.29 is 4.79 Å². The Hall–Kier alpha value is -2.40. The molecule has 0 saturated heterocycles. The number of aryl methyl sites for hydroxylation is 2. The molecule has 0 atom stereocenters. The summed E-state index contributed by atoms with van der Waals surface area (Å²) < 4.78 is 0. The van der Waals surface area contributed by atoms with Gasteiger partial charge in [0.2, 0.25) is 0 Å². The van der Waals surface area contributed by atoms with Crippen LogP contribution < -0.4 is 0 Å². The van der Waals surface area contributed by atoms with Crippen molar-refractivity contribution in [3.05, 3.63) is 58.7 Å². The van der Waals surface area contributed by atoms with Crippen molar-refractivity contribution in [1.29, 1.82) is 5.26 Å².